The summed E-state index contributed by atoms with van der Waals surface area (Å²) in [7, 11) is -1.85. The van der Waals surface area contributed by atoms with Gasteiger partial charge in [0.15, 0.2) is 0 Å². The number of ether oxygens (including phenoxy) is 2. The molecule has 2 aromatic carbocycles. The van der Waals surface area contributed by atoms with Crippen LogP contribution in [-0.4, -0.2) is 52.7 Å². The van der Waals surface area contributed by atoms with Crippen LogP contribution in [0, 0.1) is 10.1 Å². The molecule has 1 amide bonds. The van der Waals surface area contributed by atoms with Crippen molar-refractivity contribution in [1.82, 2.24) is 9.99 Å². The minimum absolute atomic E-state index is 0.0664. The van der Waals surface area contributed by atoms with E-state index in [1.54, 1.807) is 36.1 Å². The number of rotatable bonds is 9. The van der Waals surface area contributed by atoms with Gasteiger partial charge in [-0.05, 0) is 52.0 Å². The van der Waals surface area contributed by atoms with Crippen LogP contribution >= 0.6 is 8.53 Å². The van der Waals surface area contributed by atoms with Crippen molar-refractivity contribution in [3.8, 4) is 11.5 Å². The highest BCUT2D eigenvalue weighted by Gasteiger charge is 2.31. The summed E-state index contributed by atoms with van der Waals surface area (Å²) in [5, 5.41) is 13.9. The van der Waals surface area contributed by atoms with E-state index >= 15 is 0 Å². The molecule has 1 aliphatic heterocycles. The first-order chi connectivity index (χ1) is 17.5. The summed E-state index contributed by atoms with van der Waals surface area (Å²) in [6.07, 6.45) is 0.310. The van der Waals surface area contributed by atoms with Gasteiger partial charge in [0, 0.05) is 38.1 Å². The Hall–Kier alpha value is -3.43. The third kappa shape index (κ3) is 9.18. The lowest BCUT2D eigenvalue weighted by Gasteiger charge is -2.33. The van der Waals surface area contributed by atoms with Crippen LogP contribution in [0.4, 0.5) is 10.5 Å². The number of benzene rings is 2. The molecule has 200 valence electrons. The van der Waals surface area contributed by atoms with Crippen LogP contribution in [-0.2, 0) is 14.3 Å². The number of likely N-dealkylation sites (tertiary alicyclic amines) is 1. The lowest BCUT2D eigenvalue weighted by Crippen LogP contribution is -2.45. The van der Waals surface area contributed by atoms with Crippen LogP contribution in [0.1, 0.15) is 40.5 Å². The van der Waals surface area contributed by atoms with E-state index in [2.05, 4.69) is 5.09 Å². The monoisotopic (exact) mass is 533 g/mol. The van der Waals surface area contributed by atoms with Gasteiger partial charge in [-0.2, -0.15) is 0 Å². The van der Waals surface area contributed by atoms with Crippen LogP contribution < -0.4 is 14.1 Å². The molecule has 11 nitrogen and oxygen atoms in total. The van der Waals surface area contributed by atoms with Gasteiger partial charge >= 0.3 is 20.6 Å². The Balaban J connectivity index is 1.56. The fourth-order valence-corrected chi connectivity index (χ4v) is 4.52. The minimum Gasteiger partial charge on any atom is -0.461 e. The third-order valence-corrected chi connectivity index (χ3v) is 6.55. The van der Waals surface area contributed by atoms with Gasteiger partial charge < -0.3 is 23.4 Å². The molecule has 1 N–H and O–H groups in total. The number of para-hydroxylation sites is 1. The molecule has 1 saturated heterocycles. The summed E-state index contributed by atoms with van der Waals surface area (Å²) in [6.45, 7) is 7.95. The molecule has 0 radical (unpaired) electrons. The molecule has 2 atom stereocenters. The number of carbonyl (C=O) groups is 2. The molecular weight excluding hydrogens is 501 g/mol. The van der Waals surface area contributed by atoms with Crippen molar-refractivity contribution in [3.05, 3.63) is 64.7 Å². The number of piperidine rings is 1. The quantitative estimate of drug-likeness (QED) is 0.200. The zero-order valence-electron chi connectivity index (χ0n) is 21.3. The standard InChI is InChI=1S/C25H32N3O8P/c1-18(23(29)33-20-14-16-27(17-15-20)24(30)34-25(2,3)4)26-37(35-21-8-6-5-7-9-21)36-22-12-10-19(11-13-22)28(31)32/h5-13,18,20,26H,14-17H2,1-4H3. The topological polar surface area (TPSA) is 129 Å². The van der Waals surface area contributed by atoms with Gasteiger partial charge in [-0.1, -0.05) is 18.2 Å². The van der Waals surface area contributed by atoms with Crippen molar-refractivity contribution in [3.63, 3.8) is 0 Å². The van der Waals surface area contributed by atoms with E-state index in [1.165, 1.54) is 24.3 Å². The number of nitrogens with one attached hydrogen (secondary N) is 1. The third-order valence-electron chi connectivity index (χ3n) is 5.20. The second-order valence-electron chi connectivity index (χ2n) is 9.46. The first kappa shape index (κ1) is 28.1. The molecule has 1 fully saturated rings. The number of hydrogen-bond donors (Lipinski definition) is 1. The van der Waals surface area contributed by atoms with E-state index in [1.807, 2.05) is 26.8 Å². The summed E-state index contributed by atoms with van der Waals surface area (Å²) in [5.41, 5.74) is -0.638. The van der Waals surface area contributed by atoms with Crippen LogP contribution in [0.2, 0.25) is 0 Å². The van der Waals surface area contributed by atoms with Crippen LogP contribution in [0.5, 0.6) is 11.5 Å². The summed E-state index contributed by atoms with van der Waals surface area (Å²) in [4.78, 5) is 37.1. The molecule has 1 aliphatic rings. The molecular formula is C25H32N3O8P. The van der Waals surface area contributed by atoms with E-state index in [-0.39, 0.29) is 17.9 Å². The van der Waals surface area contributed by atoms with E-state index < -0.39 is 31.1 Å². The Labute approximate surface area is 217 Å². The maximum absolute atomic E-state index is 12.8. The van der Waals surface area contributed by atoms with Gasteiger partial charge in [0.2, 0.25) is 0 Å². The van der Waals surface area contributed by atoms with Crippen molar-refractivity contribution >= 4 is 26.3 Å². The Bertz CT molecular complexity index is 1050. The van der Waals surface area contributed by atoms with Gasteiger partial charge in [0.1, 0.15) is 29.2 Å². The SMILES string of the molecule is CC(NP(Oc1ccccc1)Oc1ccc([N+](=O)[O-])cc1)C(=O)OC1CCN(C(=O)OC(C)(C)C)CC1. The van der Waals surface area contributed by atoms with E-state index in [4.69, 9.17) is 18.5 Å². The predicted octanol–water partition coefficient (Wildman–Crippen LogP) is 5.20. The second-order valence-corrected chi connectivity index (χ2v) is 10.6. The number of non-ortho nitro benzene ring substituents is 1. The highest BCUT2D eigenvalue weighted by Crippen LogP contribution is 2.38. The Morgan fingerprint density at radius 3 is 2.14 bits per heavy atom. The predicted molar refractivity (Wildman–Crippen MR) is 137 cm³/mol. The molecule has 12 heteroatoms. The van der Waals surface area contributed by atoms with Gasteiger partial charge in [0.25, 0.3) is 5.69 Å². The summed E-state index contributed by atoms with van der Waals surface area (Å²) >= 11 is 0. The highest BCUT2D eigenvalue weighted by molar-refractivity contribution is 7.45. The maximum Gasteiger partial charge on any atom is 0.410 e. The minimum atomic E-state index is -1.85. The lowest BCUT2D eigenvalue weighted by molar-refractivity contribution is -0.384. The Kier molecular flexibility index (Phi) is 9.66. The van der Waals surface area contributed by atoms with Crippen molar-refractivity contribution in [1.29, 1.82) is 0 Å². The van der Waals surface area contributed by atoms with Crippen LogP contribution in [0.3, 0.4) is 0 Å². The number of carbonyl (C=O) groups excluding carboxylic acids is 2. The van der Waals surface area contributed by atoms with Crippen molar-refractivity contribution in [2.75, 3.05) is 13.1 Å². The Morgan fingerprint density at radius 1 is 1.03 bits per heavy atom. The van der Waals surface area contributed by atoms with Crippen molar-refractivity contribution in [2.24, 2.45) is 0 Å². The molecule has 0 aliphatic carbocycles. The summed E-state index contributed by atoms with van der Waals surface area (Å²) < 4.78 is 22.9. The first-order valence-corrected chi connectivity index (χ1v) is 13.1. The summed E-state index contributed by atoms with van der Waals surface area (Å²) in [6, 6.07) is 13.8. The van der Waals surface area contributed by atoms with E-state index in [0.29, 0.717) is 37.4 Å². The number of esters is 1. The van der Waals surface area contributed by atoms with Gasteiger partial charge in [-0.3, -0.25) is 14.9 Å². The molecule has 0 saturated carbocycles. The molecule has 2 unspecified atom stereocenters. The normalized spacial score (nSPS) is 15.8. The lowest BCUT2D eigenvalue weighted by atomic mass is 10.1. The fraction of sp³-hybridized carbons (Fsp3) is 0.440. The molecule has 1 heterocycles. The molecule has 0 bridgehead atoms. The van der Waals surface area contributed by atoms with Gasteiger partial charge in [-0.15, -0.1) is 0 Å². The molecule has 0 spiro atoms. The average molecular weight is 534 g/mol. The number of hydrogen-bond acceptors (Lipinski definition) is 9. The molecule has 0 aromatic heterocycles. The number of nitro benzene ring substituents is 1. The number of amides is 1. The fourth-order valence-electron chi connectivity index (χ4n) is 3.33. The first-order valence-electron chi connectivity index (χ1n) is 11.9. The van der Waals surface area contributed by atoms with Gasteiger partial charge in [0.05, 0.1) is 4.92 Å². The average Bonchev–Trinajstić information content (AvgIpc) is 2.84. The van der Waals surface area contributed by atoms with E-state index in [0.717, 1.165) is 0 Å². The highest BCUT2D eigenvalue weighted by atomic mass is 31.2. The zero-order chi connectivity index (χ0) is 27.0. The van der Waals surface area contributed by atoms with Crippen LogP contribution in [0.25, 0.3) is 0 Å². The van der Waals surface area contributed by atoms with Crippen molar-refractivity contribution in [2.45, 2.75) is 58.3 Å². The van der Waals surface area contributed by atoms with Crippen LogP contribution in [0.15, 0.2) is 54.6 Å². The Morgan fingerprint density at radius 2 is 1.59 bits per heavy atom. The zero-order valence-corrected chi connectivity index (χ0v) is 22.2. The maximum atomic E-state index is 12.8. The molecule has 37 heavy (non-hydrogen) atoms. The molecule has 2 aromatic rings. The smallest absolute Gasteiger partial charge is 0.410 e. The van der Waals surface area contributed by atoms with E-state index in [9.17, 15) is 19.7 Å². The molecule has 3 rings (SSSR count). The van der Waals surface area contributed by atoms with Gasteiger partial charge in [-0.25, -0.2) is 9.88 Å². The largest absolute Gasteiger partial charge is 0.461 e. The second kappa shape index (κ2) is 12.7. The summed E-state index contributed by atoms with van der Waals surface area (Å²) in [5.74, 6) is 0.389. The number of nitro groups is 1. The van der Waals surface area contributed by atoms with Crippen molar-refractivity contribution < 1.29 is 33.0 Å². The number of nitrogens with zero attached hydrogens (tertiary/aromatic N) is 2.